The van der Waals surface area contributed by atoms with E-state index in [4.69, 9.17) is 10.5 Å². The molecule has 3 rings (SSSR count). The van der Waals surface area contributed by atoms with Crippen molar-refractivity contribution < 1.29 is 17.9 Å². The molecule has 0 aliphatic heterocycles. The highest BCUT2D eigenvalue weighted by Crippen LogP contribution is 2.32. The normalized spacial score (nSPS) is 14.3. The van der Waals surface area contributed by atoms with Crippen molar-refractivity contribution in [2.75, 3.05) is 12.3 Å². The van der Waals surface area contributed by atoms with Gasteiger partial charge in [0.05, 0.1) is 17.2 Å². The second-order valence-corrected chi connectivity index (χ2v) is 8.40. The number of carbonyl (C=O) groups is 1. The SMILES string of the molecule is NCC(=O)Cc1ccc(Oc2ccc(S(=O)(=O)CC3CC3)cc2)cc1. The number of hydrogen-bond acceptors (Lipinski definition) is 5. The van der Waals surface area contributed by atoms with Crippen LogP contribution in [0.15, 0.2) is 53.4 Å². The lowest BCUT2D eigenvalue weighted by Crippen LogP contribution is -2.15. The van der Waals surface area contributed by atoms with Crippen LogP contribution in [0.5, 0.6) is 11.5 Å². The molecule has 5 nitrogen and oxygen atoms in total. The van der Waals surface area contributed by atoms with Gasteiger partial charge in [0.15, 0.2) is 15.6 Å². The molecule has 1 aliphatic carbocycles. The molecular weight excluding hydrogens is 338 g/mol. The number of Topliss-reactive ketones (excluding diaryl/α,β-unsaturated/α-hetero) is 1. The fourth-order valence-electron chi connectivity index (χ4n) is 2.52. The van der Waals surface area contributed by atoms with E-state index in [1.807, 2.05) is 12.1 Å². The minimum absolute atomic E-state index is 0.0170. The lowest BCUT2D eigenvalue weighted by atomic mass is 10.1. The van der Waals surface area contributed by atoms with Crippen LogP contribution in [-0.4, -0.2) is 26.5 Å². The predicted octanol–water partition coefficient (Wildman–Crippen LogP) is 2.73. The average molecular weight is 359 g/mol. The number of carbonyl (C=O) groups excluding carboxylic acids is 1. The van der Waals surface area contributed by atoms with Crippen LogP contribution < -0.4 is 10.5 Å². The van der Waals surface area contributed by atoms with Crippen LogP contribution in [0.2, 0.25) is 0 Å². The van der Waals surface area contributed by atoms with E-state index in [9.17, 15) is 13.2 Å². The van der Waals surface area contributed by atoms with Gasteiger partial charge >= 0.3 is 0 Å². The van der Waals surface area contributed by atoms with Gasteiger partial charge in [0.25, 0.3) is 0 Å². The van der Waals surface area contributed by atoms with Gasteiger partial charge < -0.3 is 10.5 Å². The first kappa shape index (κ1) is 17.6. The number of ketones is 1. The Hall–Kier alpha value is -2.18. The van der Waals surface area contributed by atoms with E-state index in [0.29, 0.717) is 28.7 Å². The first-order valence-electron chi connectivity index (χ1n) is 8.27. The van der Waals surface area contributed by atoms with Crippen molar-refractivity contribution in [1.82, 2.24) is 0 Å². The molecule has 0 amide bonds. The molecule has 0 atom stereocenters. The first-order chi connectivity index (χ1) is 12.0. The standard InChI is InChI=1S/C19H21NO4S/c20-12-16(21)11-14-3-5-17(6-4-14)24-18-7-9-19(10-8-18)25(22,23)13-15-1-2-15/h3-10,15H,1-2,11-13,20H2. The topological polar surface area (TPSA) is 86.5 Å². The van der Waals surface area contributed by atoms with E-state index in [0.717, 1.165) is 18.4 Å². The Bertz CT molecular complexity index is 838. The summed E-state index contributed by atoms with van der Waals surface area (Å²) in [5.74, 6) is 1.73. The van der Waals surface area contributed by atoms with Crippen LogP contribution in [0.1, 0.15) is 18.4 Å². The summed E-state index contributed by atoms with van der Waals surface area (Å²) in [6.45, 7) is 0.0360. The van der Waals surface area contributed by atoms with Gasteiger partial charge in [-0.3, -0.25) is 4.79 Å². The molecule has 2 N–H and O–H groups in total. The average Bonchev–Trinajstić information content (AvgIpc) is 3.40. The fraction of sp³-hybridized carbons (Fsp3) is 0.316. The van der Waals surface area contributed by atoms with Gasteiger partial charge in [0.2, 0.25) is 0 Å². The summed E-state index contributed by atoms with van der Waals surface area (Å²) >= 11 is 0. The second-order valence-electron chi connectivity index (χ2n) is 6.36. The highest BCUT2D eigenvalue weighted by atomic mass is 32.2. The fourth-order valence-corrected chi connectivity index (χ4v) is 4.21. The van der Waals surface area contributed by atoms with Crippen molar-refractivity contribution in [2.45, 2.75) is 24.2 Å². The zero-order valence-electron chi connectivity index (χ0n) is 13.9. The number of hydrogen-bond donors (Lipinski definition) is 1. The van der Waals surface area contributed by atoms with E-state index in [2.05, 4.69) is 0 Å². The van der Waals surface area contributed by atoms with E-state index in [1.165, 1.54) is 0 Å². The number of ether oxygens (including phenoxy) is 1. The third kappa shape index (κ3) is 4.90. The summed E-state index contributed by atoms with van der Waals surface area (Å²) in [6, 6.07) is 13.7. The molecule has 25 heavy (non-hydrogen) atoms. The minimum Gasteiger partial charge on any atom is -0.457 e. The molecule has 2 aromatic rings. The van der Waals surface area contributed by atoms with Crippen molar-refractivity contribution in [1.29, 1.82) is 0 Å². The minimum atomic E-state index is -3.20. The Kier molecular flexibility index (Phi) is 5.20. The molecule has 6 heteroatoms. The Morgan fingerprint density at radius 3 is 2.08 bits per heavy atom. The van der Waals surface area contributed by atoms with E-state index in [1.54, 1.807) is 36.4 Å². The first-order valence-corrected chi connectivity index (χ1v) is 9.93. The third-order valence-corrected chi connectivity index (χ3v) is 6.02. The van der Waals surface area contributed by atoms with Crippen LogP contribution in [0.4, 0.5) is 0 Å². The Labute approximate surface area is 147 Å². The molecule has 0 spiro atoms. The highest BCUT2D eigenvalue weighted by molar-refractivity contribution is 7.91. The summed E-state index contributed by atoms with van der Waals surface area (Å²) in [6.07, 6.45) is 2.32. The van der Waals surface area contributed by atoms with Gasteiger partial charge in [-0.1, -0.05) is 12.1 Å². The lowest BCUT2D eigenvalue weighted by molar-refractivity contribution is -0.117. The summed E-state index contributed by atoms with van der Waals surface area (Å²) in [5.41, 5.74) is 6.19. The summed E-state index contributed by atoms with van der Waals surface area (Å²) in [4.78, 5) is 11.7. The number of nitrogens with two attached hydrogens (primary N) is 1. The monoisotopic (exact) mass is 359 g/mol. The third-order valence-electron chi connectivity index (χ3n) is 4.12. The van der Waals surface area contributed by atoms with Crippen LogP contribution >= 0.6 is 0 Å². The molecule has 0 saturated heterocycles. The van der Waals surface area contributed by atoms with Crippen LogP contribution in [0, 0.1) is 5.92 Å². The van der Waals surface area contributed by atoms with Crippen molar-refractivity contribution in [3.05, 3.63) is 54.1 Å². The van der Waals surface area contributed by atoms with Crippen LogP contribution in [-0.2, 0) is 21.1 Å². The van der Waals surface area contributed by atoms with Crippen molar-refractivity contribution in [2.24, 2.45) is 11.7 Å². The molecule has 0 radical (unpaired) electrons. The van der Waals surface area contributed by atoms with Gasteiger partial charge in [0.1, 0.15) is 11.5 Å². The predicted molar refractivity (Wildman–Crippen MR) is 95.5 cm³/mol. The molecule has 1 fully saturated rings. The molecule has 0 heterocycles. The van der Waals surface area contributed by atoms with E-state index < -0.39 is 9.84 Å². The maximum absolute atomic E-state index is 12.2. The second kappa shape index (κ2) is 7.37. The Balaban J connectivity index is 1.64. The zero-order chi connectivity index (χ0) is 17.9. The maximum Gasteiger partial charge on any atom is 0.178 e. The lowest BCUT2D eigenvalue weighted by Gasteiger charge is -2.08. The maximum atomic E-state index is 12.2. The zero-order valence-corrected chi connectivity index (χ0v) is 14.7. The van der Waals surface area contributed by atoms with Gasteiger partial charge in [-0.2, -0.15) is 0 Å². The van der Waals surface area contributed by atoms with Crippen molar-refractivity contribution in [3.8, 4) is 11.5 Å². The quantitative estimate of drug-likeness (QED) is 0.783. The van der Waals surface area contributed by atoms with Gasteiger partial charge in [0, 0.05) is 6.42 Å². The van der Waals surface area contributed by atoms with E-state index >= 15 is 0 Å². The molecule has 0 aromatic heterocycles. The van der Waals surface area contributed by atoms with E-state index in [-0.39, 0.29) is 18.1 Å². The van der Waals surface area contributed by atoms with Crippen molar-refractivity contribution in [3.63, 3.8) is 0 Å². The molecule has 1 saturated carbocycles. The summed E-state index contributed by atoms with van der Waals surface area (Å²) < 4.78 is 30.2. The molecule has 132 valence electrons. The van der Waals surface area contributed by atoms with Crippen LogP contribution in [0.3, 0.4) is 0 Å². The summed E-state index contributed by atoms with van der Waals surface area (Å²) in [5, 5.41) is 0. The molecule has 1 aliphatic rings. The molecule has 2 aromatic carbocycles. The molecule has 0 unspecified atom stereocenters. The Morgan fingerprint density at radius 2 is 1.56 bits per heavy atom. The van der Waals surface area contributed by atoms with Gasteiger partial charge in [-0.25, -0.2) is 8.42 Å². The molecular formula is C19H21NO4S. The molecule has 0 bridgehead atoms. The smallest absolute Gasteiger partial charge is 0.178 e. The van der Waals surface area contributed by atoms with Crippen LogP contribution in [0.25, 0.3) is 0 Å². The van der Waals surface area contributed by atoms with Gasteiger partial charge in [-0.05, 0) is 60.7 Å². The Morgan fingerprint density at radius 1 is 1.00 bits per heavy atom. The van der Waals surface area contributed by atoms with Gasteiger partial charge in [-0.15, -0.1) is 0 Å². The van der Waals surface area contributed by atoms with Crippen molar-refractivity contribution >= 4 is 15.6 Å². The summed E-state index contributed by atoms with van der Waals surface area (Å²) in [7, 11) is -3.20. The number of rotatable bonds is 8. The largest absolute Gasteiger partial charge is 0.457 e. The number of sulfone groups is 1. The highest BCUT2D eigenvalue weighted by Gasteiger charge is 2.28. The number of benzene rings is 2.